The zero-order valence-corrected chi connectivity index (χ0v) is 9.87. The van der Waals surface area contributed by atoms with Crippen LogP contribution in [0.15, 0.2) is 18.2 Å². The highest BCUT2D eigenvalue weighted by molar-refractivity contribution is 5.37. The lowest BCUT2D eigenvalue weighted by molar-refractivity contribution is 0.240. The Bertz CT molecular complexity index is 323. The van der Waals surface area contributed by atoms with Crippen molar-refractivity contribution in [3.63, 3.8) is 0 Å². The van der Waals surface area contributed by atoms with Crippen LogP contribution in [0.2, 0.25) is 0 Å². The van der Waals surface area contributed by atoms with Crippen molar-refractivity contribution in [1.82, 2.24) is 5.43 Å². The number of hydrazine groups is 1. The topological polar surface area (TPSA) is 47.3 Å². The summed E-state index contributed by atoms with van der Waals surface area (Å²) in [6, 6.07) is 6.30. The molecule has 0 aromatic heterocycles. The number of aryl methyl sites for hydroxylation is 1. The highest BCUT2D eigenvalue weighted by Gasteiger charge is 2.07. The lowest BCUT2D eigenvalue weighted by Crippen LogP contribution is -2.25. The van der Waals surface area contributed by atoms with E-state index in [4.69, 9.17) is 10.6 Å². The Morgan fingerprint density at radius 1 is 1.27 bits per heavy atom. The van der Waals surface area contributed by atoms with Gasteiger partial charge in [-0.3, -0.25) is 11.3 Å². The SMILES string of the molecule is Cc1cc(C(C)NN)ccc1OC(C)C. The van der Waals surface area contributed by atoms with Crippen molar-refractivity contribution >= 4 is 0 Å². The van der Waals surface area contributed by atoms with Crippen LogP contribution in [-0.4, -0.2) is 6.10 Å². The molecule has 0 aliphatic rings. The maximum Gasteiger partial charge on any atom is 0.122 e. The second-order valence-electron chi connectivity index (χ2n) is 4.08. The van der Waals surface area contributed by atoms with Crippen molar-refractivity contribution in [1.29, 1.82) is 0 Å². The van der Waals surface area contributed by atoms with E-state index in [1.165, 1.54) is 5.56 Å². The molecule has 0 fully saturated rings. The number of nitrogens with two attached hydrogens (primary N) is 1. The van der Waals surface area contributed by atoms with E-state index < -0.39 is 0 Å². The molecule has 1 unspecified atom stereocenters. The summed E-state index contributed by atoms with van der Waals surface area (Å²) in [5.41, 5.74) is 5.04. The summed E-state index contributed by atoms with van der Waals surface area (Å²) in [6.07, 6.45) is 0.208. The normalized spacial score (nSPS) is 12.9. The van der Waals surface area contributed by atoms with Gasteiger partial charge in [0.05, 0.1) is 6.10 Å². The number of rotatable bonds is 4. The molecule has 1 atom stereocenters. The maximum atomic E-state index is 5.66. The predicted molar refractivity (Wildman–Crippen MR) is 62.7 cm³/mol. The standard InChI is InChI=1S/C12H20N2O/c1-8(2)15-12-6-5-11(7-9(12)3)10(4)14-13/h5-8,10,14H,13H2,1-4H3. The number of ether oxygens (including phenoxy) is 1. The minimum Gasteiger partial charge on any atom is -0.491 e. The number of benzene rings is 1. The van der Waals surface area contributed by atoms with Crippen molar-refractivity contribution < 1.29 is 4.74 Å². The molecule has 0 aliphatic heterocycles. The Hall–Kier alpha value is -1.06. The van der Waals surface area contributed by atoms with E-state index in [1.54, 1.807) is 0 Å². The van der Waals surface area contributed by atoms with Gasteiger partial charge in [0.2, 0.25) is 0 Å². The molecule has 1 aromatic rings. The van der Waals surface area contributed by atoms with Gasteiger partial charge in [0, 0.05) is 6.04 Å². The van der Waals surface area contributed by atoms with Crippen LogP contribution in [0.4, 0.5) is 0 Å². The van der Waals surface area contributed by atoms with Gasteiger partial charge in [0.25, 0.3) is 0 Å². The first-order chi connectivity index (χ1) is 7.04. The molecule has 1 rings (SSSR count). The van der Waals surface area contributed by atoms with Crippen molar-refractivity contribution in [2.75, 3.05) is 0 Å². The van der Waals surface area contributed by atoms with Gasteiger partial charge >= 0.3 is 0 Å². The second kappa shape index (κ2) is 5.14. The van der Waals surface area contributed by atoms with Crippen molar-refractivity contribution in [2.24, 2.45) is 5.84 Å². The molecule has 15 heavy (non-hydrogen) atoms. The van der Waals surface area contributed by atoms with Crippen molar-refractivity contribution in [2.45, 2.75) is 39.8 Å². The molecular weight excluding hydrogens is 188 g/mol. The van der Waals surface area contributed by atoms with Crippen LogP contribution >= 0.6 is 0 Å². The summed E-state index contributed by atoms with van der Waals surface area (Å²) < 4.78 is 5.66. The van der Waals surface area contributed by atoms with Crippen molar-refractivity contribution in [3.8, 4) is 5.75 Å². The zero-order valence-electron chi connectivity index (χ0n) is 9.87. The lowest BCUT2D eigenvalue weighted by atomic mass is 10.1. The third kappa shape index (κ3) is 3.22. The second-order valence-corrected chi connectivity index (χ2v) is 4.08. The largest absolute Gasteiger partial charge is 0.491 e. The van der Waals surface area contributed by atoms with Crippen LogP contribution in [0.5, 0.6) is 5.75 Å². The van der Waals surface area contributed by atoms with E-state index in [2.05, 4.69) is 11.5 Å². The monoisotopic (exact) mass is 208 g/mol. The van der Waals surface area contributed by atoms with E-state index in [0.717, 1.165) is 11.3 Å². The van der Waals surface area contributed by atoms with Crippen LogP contribution in [0.3, 0.4) is 0 Å². The van der Waals surface area contributed by atoms with E-state index in [0.29, 0.717) is 0 Å². The highest BCUT2D eigenvalue weighted by Crippen LogP contribution is 2.23. The number of hydrogen-bond acceptors (Lipinski definition) is 3. The van der Waals surface area contributed by atoms with Crippen molar-refractivity contribution in [3.05, 3.63) is 29.3 Å². The van der Waals surface area contributed by atoms with E-state index in [1.807, 2.05) is 39.8 Å². The quantitative estimate of drug-likeness (QED) is 0.589. The molecule has 0 amide bonds. The molecule has 84 valence electrons. The Morgan fingerprint density at radius 2 is 1.93 bits per heavy atom. The Labute approximate surface area is 91.6 Å². The van der Waals surface area contributed by atoms with Gasteiger partial charge in [0.15, 0.2) is 0 Å². The summed E-state index contributed by atoms with van der Waals surface area (Å²) in [7, 11) is 0. The smallest absolute Gasteiger partial charge is 0.122 e. The molecular formula is C12H20N2O. The third-order valence-electron chi connectivity index (χ3n) is 2.31. The summed E-state index contributed by atoms with van der Waals surface area (Å²) in [6.45, 7) is 8.12. The van der Waals surface area contributed by atoms with Gasteiger partial charge in [-0.15, -0.1) is 0 Å². The predicted octanol–water partition coefficient (Wildman–Crippen LogP) is 2.31. The summed E-state index contributed by atoms with van der Waals surface area (Å²) in [5.74, 6) is 6.33. The lowest BCUT2D eigenvalue weighted by Gasteiger charge is -2.15. The molecule has 3 nitrogen and oxygen atoms in total. The summed E-state index contributed by atoms with van der Waals surface area (Å²) in [5, 5.41) is 0. The number of nitrogens with one attached hydrogen (secondary N) is 1. The molecule has 1 aromatic carbocycles. The van der Waals surface area contributed by atoms with Crippen LogP contribution in [-0.2, 0) is 0 Å². The first-order valence-electron chi connectivity index (χ1n) is 5.28. The molecule has 0 spiro atoms. The molecule has 0 aliphatic carbocycles. The fraction of sp³-hybridized carbons (Fsp3) is 0.500. The molecule has 0 bridgehead atoms. The molecule has 0 saturated heterocycles. The Morgan fingerprint density at radius 3 is 2.40 bits per heavy atom. The van der Waals surface area contributed by atoms with E-state index in [9.17, 15) is 0 Å². The van der Waals surface area contributed by atoms with Gasteiger partial charge in [0.1, 0.15) is 5.75 Å². The van der Waals surface area contributed by atoms with Gasteiger partial charge in [-0.1, -0.05) is 12.1 Å². The minimum atomic E-state index is 0.164. The molecule has 0 heterocycles. The number of hydrogen-bond donors (Lipinski definition) is 2. The van der Waals surface area contributed by atoms with Gasteiger partial charge in [-0.2, -0.15) is 0 Å². The van der Waals surface area contributed by atoms with Crippen LogP contribution in [0, 0.1) is 6.92 Å². The fourth-order valence-corrected chi connectivity index (χ4v) is 1.42. The van der Waals surface area contributed by atoms with Crippen LogP contribution in [0.1, 0.15) is 37.9 Å². The van der Waals surface area contributed by atoms with Gasteiger partial charge < -0.3 is 4.74 Å². The van der Waals surface area contributed by atoms with Gasteiger partial charge in [-0.05, 0) is 44.9 Å². The van der Waals surface area contributed by atoms with Crippen LogP contribution in [0.25, 0.3) is 0 Å². The average Bonchev–Trinajstić information content (AvgIpc) is 2.19. The van der Waals surface area contributed by atoms with Gasteiger partial charge in [-0.25, -0.2) is 0 Å². The first kappa shape index (κ1) is 12.0. The minimum absolute atomic E-state index is 0.164. The zero-order chi connectivity index (χ0) is 11.4. The highest BCUT2D eigenvalue weighted by atomic mass is 16.5. The first-order valence-corrected chi connectivity index (χ1v) is 5.28. The van der Waals surface area contributed by atoms with E-state index in [-0.39, 0.29) is 12.1 Å². The van der Waals surface area contributed by atoms with Crippen LogP contribution < -0.4 is 16.0 Å². The summed E-state index contributed by atoms with van der Waals surface area (Å²) >= 11 is 0. The molecule has 0 saturated carbocycles. The third-order valence-corrected chi connectivity index (χ3v) is 2.31. The molecule has 3 heteroatoms. The average molecular weight is 208 g/mol. The maximum absolute atomic E-state index is 5.66. The summed E-state index contributed by atoms with van der Waals surface area (Å²) in [4.78, 5) is 0. The molecule has 3 N–H and O–H groups in total. The Kier molecular flexibility index (Phi) is 4.12. The Balaban J connectivity index is 2.88. The van der Waals surface area contributed by atoms with E-state index >= 15 is 0 Å². The molecule has 0 radical (unpaired) electrons. The fourth-order valence-electron chi connectivity index (χ4n) is 1.42.